The number of guanidine groups is 1. The van der Waals surface area contributed by atoms with Crippen LogP contribution in [0.25, 0.3) is 0 Å². The van der Waals surface area contributed by atoms with Crippen molar-refractivity contribution < 1.29 is 4.79 Å². The molecule has 156 valence electrons. The molecule has 0 saturated carbocycles. The lowest BCUT2D eigenvalue weighted by molar-refractivity contribution is -0.131. The van der Waals surface area contributed by atoms with E-state index in [1.807, 2.05) is 44.2 Å². The van der Waals surface area contributed by atoms with Gasteiger partial charge in [-0.05, 0) is 12.8 Å². The SMILES string of the molecule is CN=C(NCc1cnc(N(C)C)n1C)N1CCN(CC(=O)N2CCCC2)CC1. The van der Waals surface area contributed by atoms with E-state index in [1.165, 1.54) is 0 Å². The Labute approximate surface area is 168 Å². The number of piperazine rings is 1. The predicted octanol–water partition coefficient (Wildman–Crippen LogP) is -0.198. The number of amides is 1. The van der Waals surface area contributed by atoms with E-state index in [4.69, 9.17) is 0 Å². The zero-order chi connectivity index (χ0) is 20.1. The van der Waals surface area contributed by atoms with Gasteiger partial charge in [-0.2, -0.15) is 0 Å². The number of nitrogens with one attached hydrogen (secondary N) is 1. The molecular formula is C19H34N8O. The lowest BCUT2D eigenvalue weighted by Gasteiger charge is -2.36. The van der Waals surface area contributed by atoms with E-state index < -0.39 is 0 Å². The van der Waals surface area contributed by atoms with Gasteiger partial charge in [-0.15, -0.1) is 0 Å². The summed E-state index contributed by atoms with van der Waals surface area (Å²) in [4.78, 5) is 29.8. The molecule has 1 aromatic heterocycles. The van der Waals surface area contributed by atoms with Gasteiger partial charge in [0.25, 0.3) is 0 Å². The molecule has 1 N–H and O–H groups in total. The smallest absolute Gasteiger partial charge is 0.236 e. The number of aromatic nitrogens is 2. The van der Waals surface area contributed by atoms with Crippen molar-refractivity contribution in [1.29, 1.82) is 0 Å². The van der Waals surface area contributed by atoms with Crippen LogP contribution in [0.5, 0.6) is 0 Å². The number of rotatable bonds is 5. The van der Waals surface area contributed by atoms with Crippen molar-refractivity contribution in [2.24, 2.45) is 12.0 Å². The third-order valence-corrected chi connectivity index (χ3v) is 5.59. The average Bonchev–Trinajstić information content (AvgIpc) is 3.34. The predicted molar refractivity (Wildman–Crippen MR) is 112 cm³/mol. The number of aliphatic imine (C=N–C) groups is 1. The van der Waals surface area contributed by atoms with Crippen molar-refractivity contribution in [3.63, 3.8) is 0 Å². The summed E-state index contributed by atoms with van der Waals surface area (Å²) >= 11 is 0. The molecule has 28 heavy (non-hydrogen) atoms. The maximum Gasteiger partial charge on any atom is 0.236 e. The molecule has 0 unspecified atom stereocenters. The van der Waals surface area contributed by atoms with E-state index in [0.29, 0.717) is 13.1 Å². The first kappa shape index (κ1) is 20.4. The maximum atomic E-state index is 12.3. The Balaban J connectivity index is 1.46. The standard InChI is InChI=1S/C19H34N8O/c1-20-18(21-13-16-14-22-19(23(2)3)24(16)4)27-11-9-25(10-12-27)15-17(28)26-7-5-6-8-26/h14H,5-13,15H2,1-4H3,(H,20,21). The van der Waals surface area contributed by atoms with Crippen molar-refractivity contribution >= 4 is 17.8 Å². The molecule has 3 rings (SSSR count). The van der Waals surface area contributed by atoms with Crippen molar-refractivity contribution in [1.82, 2.24) is 29.6 Å². The topological polar surface area (TPSA) is 72.2 Å². The van der Waals surface area contributed by atoms with Crippen LogP contribution in [-0.2, 0) is 18.4 Å². The number of nitrogens with zero attached hydrogens (tertiary/aromatic N) is 7. The van der Waals surface area contributed by atoms with Gasteiger partial charge in [0.15, 0.2) is 5.96 Å². The summed E-state index contributed by atoms with van der Waals surface area (Å²) in [6.07, 6.45) is 4.19. The number of imidazole rings is 1. The van der Waals surface area contributed by atoms with Crippen LogP contribution in [0.3, 0.4) is 0 Å². The molecule has 0 aliphatic carbocycles. The monoisotopic (exact) mass is 390 g/mol. The number of carbonyl (C=O) groups is 1. The third kappa shape index (κ3) is 4.76. The summed E-state index contributed by atoms with van der Waals surface area (Å²) in [5, 5.41) is 3.45. The van der Waals surface area contributed by atoms with Crippen LogP contribution in [0, 0.1) is 0 Å². The van der Waals surface area contributed by atoms with Gasteiger partial charge in [0.05, 0.1) is 25.0 Å². The first-order chi connectivity index (χ1) is 13.5. The largest absolute Gasteiger partial charge is 0.351 e. The molecule has 9 heteroatoms. The lowest BCUT2D eigenvalue weighted by Crippen LogP contribution is -2.54. The van der Waals surface area contributed by atoms with E-state index in [0.717, 1.165) is 69.7 Å². The minimum absolute atomic E-state index is 0.279. The summed E-state index contributed by atoms with van der Waals surface area (Å²) in [5.74, 6) is 2.11. The number of carbonyl (C=O) groups excluding carboxylic acids is 1. The van der Waals surface area contributed by atoms with Gasteiger partial charge in [-0.25, -0.2) is 4.98 Å². The van der Waals surface area contributed by atoms with Crippen molar-refractivity contribution in [3.8, 4) is 0 Å². The molecule has 2 aliphatic rings. The van der Waals surface area contributed by atoms with E-state index in [1.54, 1.807) is 0 Å². The van der Waals surface area contributed by atoms with Crippen LogP contribution >= 0.6 is 0 Å². The minimum atomic E-state index is 0.279. The fraction of sp³-hybridized carbons (Fsp3) is 0.737. The Morgan fingerprint density at radius 2 is 1.82 bits per heavy atom. The number of hydrogen-bond donors (Lipinski definition) is 1. The fourth-order valence-corrected chi connectivity index (χ4v) is 3.89. The van der Waals surface area contributed by atoms with Gasteiger partial charge >= 0.3 is 0 Å². The van der Waals surface area contributed by atoms with Gasteiger partial charge < -0.3 is 24.6 Å². The normalized spacial score (nSPS) is 18.6. The molecule has 2 saturated heterocycles. The molecule has 9 nitrogen and oxygen atoms in total. The second-order valence-electron chi connectivity index (χ2n) is 7.75. The van der Waals surface area contributed by atoms with Gasteiger partial charge in [0, 0.05) is 67.5 Å². The molecule has 0 spiro atoms. The highest BCUT2D eigenvalue weighted by molar-refractivity contribution is 5.80. The van der Waals surface area contributed by atoms with Gasteiger partial charge in [0.1, 0.15) is 0 Å². The molecule has 2 fully saturated rings. The Morgan fingerprint density at radius 1 is 1.14 bits per heavy atom. The van der Waals surface area contributed by atoms with E-state index >= 15 is 0 Å². The molecule has 0 radical (unpaired) electrons. The van der Waals surface area contributed by atoms with Crippen LogP contribution in [-0.4, -0.2) is 103 Å². The molecule has 1 amide bonds. The van der Waals surface area contributed by atoms with Crippen LogP contribution < -0.4 is 10.2 Å². The van der Waals surface area contributed by atoms with Crippen molar-refractivity contribution in [3.05, 3.63) is 11.9 Å². The highest BCUT2D eigenvalue weighted by Crippen LogP contribution is 2.12. The summed E-state index contributed by atoms with van der Waals surface area (Å²) in [6.45, 7) is 6.60. The Morgan fingerprint density at radius 3 is 2.39 bits per heavy atom. The Bertz CT molecular complexity index is 684. The van der Waals surface area contributed by atoms with Crippen molar-refractivity contribution in [2.45, 2.75) is 19.4 Å². The maximum absolute atomic E-state index is 12.3. The van der Waals surface area contributed by atoms with Crippen LogP contribution in [0.2, 0.25) is 0 Å². The van der Waals surface area contributed by atoms with Crippen molar-refractivity contribution in [2.75, 3.05) is 71.9 Å². The number of hydrogen-bond acceptors (Lipinski definition) is 5. The molecule has 1 aromatic rings. The summed E-state index contributed by atoms with van der Waals surface area (Å²) < 4.78 is 2.09. The molecule has 0 atom stereocenters. The van der Waals surface area contributed by atoms with E-state index in [-0.39, 0.29) is 5.91 Å². The summed E-state index contributed by atoms with van der Waals surface area (Å²) in [6, 6.07) is 0. The molecular weight excluding hydrogens is 356 g/mol. The van der Waals surface area contributed by atoms with E-state index in [2.05, 4.69) is 29.7 Å². The molecule has 2 aliphatic heterocycles. The lowest BCUT2D eigenvalue weighted by atomic mass is 10.3. The minimum Gasteiger partial charge on any atom is -0.351 e. The van der Waals surface area contributed by atoms with Gasteiger partial charge in [-0.1, -0.05) is 0 Å². The van der Waals surface area contributed by atoms with Gasteiger partial charge in [0.2, 0.25) is 11.9 Å². The molecule has 0 aromatic carbocycles. The van der Waals surface area contributed by atoms with Crippen LogP contribution in [0.1, 0.15) is 18.5 Å². The quantitative estimate of drug-likeness (QED) is 0.555. The Hall–Kier alpha value is -2.29. The summed E-state index contributed by atoms with van der Waals surface area (Å²) in [7, 11) is 7.83. The number of likely N-dealkylation sites (tertiary alicyclic amines) is 1. The zero-order valence-corrected chi connectivity index (χ0v) is 17.7. The van der Waals surface area contributed by atoms with E-state index in [9.17, 15) is 4.79 Å². The summed E-state index contributed by atoms with van der Waals surface area (Å²) in [5.41, 5.74) is 1.11. The second kappa shape index (κ2) is 9.27. The van der Waals surface area contributed by atoms with Gasteiger partial charge in [-0.3, -0.25) is 14.7 Å². The third-order valence-electron chi connectivity index (χ3n) is 5.59. The van der Waals surface area contributed by atoms with Crippen LogP contribution in [0.4, 0.5) is 5.95 Å². The first-order valence-corrected chi connectivity index (χ1v) is 10.1. The fourth-order valence-electron chi connectivity index (χ4n) is 3.89. The number of anilines is 1. The second-order valence-corrected chi connectivity index (χ2v) is 7.75. The Kier molecular flexibility index (Phi) is 6.77. The zero-order valence-electron chi connectivity index (χ0n) is 17.7. The molecule has 3 heterocycles. The highest BCUT2D eigenvalue weighted by Gasteiger charge is 2.24. The molecule has 0 bridgehead atoms. The highest BCUT2D eigenvalue weighted by atomic mass is 16.2. The van der Waals surface area contributed by atoms with Crippen LogP contribution in [0.15, 0.2) is 11.2 Å². The first-order valence-electron chi connectivity index (χ1n) is 10.1. The average molecular weight is 391 g/mol.